The van der Waals surface area contributed by atoms with E-state index in [0.717, 1.165) is 12.0 Å². The second kappa shape index (κ2) is 6.67. The zero-order chi connectivity index (χ0) is 14.4. The molecule has 2 rings (SSSR count). The molecule has 3 nitrogen and oxygen atoms in total. The lowest BCUT2D eigenvalue weighted by Crippen LogP contribution is -2.02. The smallest absolute Gasteiger partial charge is 0.123 e. The normalized spacial score (nSPS) is 11.7. The van der Waals surface area contributed by atoms with Gasteiger partial charge in [0.1, 0.15) is 11.6 Å². The Morgan fingerprint density at radius 3 is 2.70 bits per heavy atom. The van der Waals surface area contributed by atoms with Crippen molar-refractivity contribution in [1.82, 2.24) is 4.98 Å². The predicted octanol–water partition coefficient (Wildman–Crippen LogP) is 3.47. The Kier molecular flexibility index (Phi) is 4.67. The lowest BCUT2D eigenvalue weighted by atomic mass is 9.93. The van der Waals surface area contributed by atoms with E-state index in [9.17, 15) is 9.65 Å². The van der Waals surface area contributed by atoms with Crippen LogP contribution in [0.1, 0.15) is 23.5 Å². The van der Waals surface area contributed by atoms with Gasteiger partial charge in [0.05, 0.1) is 19.1 Å². The van der Waals surface area contributed by atoms with Gasteiger partial charge in [0.25, 0.3) is 0 Å². The molecule has 1 aromatic carbocycles. The lowest BCUT2D eigenvalue weighted by molar-refractivity contribution is 0.406. The Morgan fingerprint density at radius 1 is 1.30 bits per heavy atom. The Balaban J connectivity index is 2.16. The van der Waals surface area contributed by atoms with E-state index in [1.54, 1.807) is 18.5 Å². The first-order valence-electron chi connectivity index (χ1n) is 6.36. The minimum atomic E-state index is -0.395. The molecule has 0 radical (unpaired) electrons. The second-order valence-corrected chi connectivity index (χ2v) is 4.46. The number of hydrogen-bond donors (Lipinski definition) is 0. The van der Waals surface area contributed by atoms with Crippen LogP contribution in [0.5, 0.6) is 5.75 Å². The molecule has 0 bridgehead atoms. The van der Waals surface area contributed by atoms with Gasteiger partial charge in [-0.2, -0.15) is 5.26 Å². The minimum absolute atomic E-state index is 0.357. The molecule has 1 unspecified atom stereocenters. The summed E-state index contributed by atoms with van der Waals surface area (Å²) < 4.78 is 18.6. The molecule has 20 heavy (non-hydrogen) atoms. The molecule has 1 heterocycles. The molecule has 0 saturated carbocycles. The van der Waals surface area contributed by atoms with E-state index in [1.165, 1.54) is 19.2 Å². The van der Waals surface area contributed by atoms with E-state index in [1.807, 2.05) is 12.1 Å². The molecule has 0 aliphatic heterocycles. The van der Waals surface area contributed by atoms with E-state index >= 15 is 0 Å². The molecule has 1 atom stereocenters. The number of aromatic nitrogens is 1. The predicted molar refractivity (Wildman–Crippen MR) is 73.9 cm³/mol. The third kappa shape index (κ3) is 3.33. The molecule has 0 aliphatic carbocycles. The van der Waals surface area contributed by atoms with Crippen molar-refractivity contribution in [3.8, 4) is 11.8 Å². The number of nitrogens with zero attached hydrogens (tertiary/aromatic N) is 2. The fourth-order valence-corrected chi connectivity index (χ4v) is 2.13. The maximum Gasteiger partial charge on any atom is 0.123 e. The number of halogens is 1. The number of hydrogen-bond acceptors (Lipinski definition) is 3. The van der Waals surface area contributed by atoms with Gasteiger partial charge in [0.2, 0.25) is 0 Å². The Morgan fingerprint density at radius 2 is 2.05 bits per heavy atom. The molecule has 0 fully saturated rings. The molecule has 0 aliphatic rings. The van der Waals surface area contributed by atoms with Crippen LogP contribution in [-0.2, 0) is 6.42 Å². The average Bonchev–Trinajstić information content (AvgIpc) is 2.49. The van der Waals surface area contributed by atoms with Crippen LogP contribution in [0.3, 0.4) is 0 Å². The minimum Gasteiger partial charge on any atom is -0.496 e. The van der Waals surface area contributed by atoms with Crippen molar-refractivity contribution in [3.63, 3.8) is 0 Å². The molecule has 0 N–H and O–H groups in total. The summed E-state index contributed by atoms with van der Waals surface area (Å²) in [4.78, 5) is 3.96. The summed E-state index contributed by atoms with van der Waals surface area (Å²) >= 11 is 0. The van der Waals surface area contributed by atoms with Crippen molar-refractivity contribution in [2.45, 2.75) is 18.8 Å². The number of nitriles is 1. The summed E-state index contributed by atoms with van der Waals surface area (Å²) in [5, 5.41) is 9.33. The first kappa shape index (κ1) is 14.0. The quantitative estimate of drug-likeness (QED) is 0.835. The Labute approximate surface area is 117 Å². The van der Waals surface area contributed by atoms with Gasteiger partial charge in [-0.25, -0.2) is 4.39 Å². The van der Waals surface area contributed by atoms with Gasteiger partial charge in [-0.15, -0.1) is 0 Å². The van der Waals surface area contributed by atoms with Gasteiger partial charge >= 0.3 is 0 Å². The first-order chi connectivity index (χ1) is 9.74. The zero-order valence-electron chi connectivity index (χ0n) is 11.2. The maximum absolute atomic E-state index is 13.4. The van der Waals surface area contributed by atoms with Crippen molar-refractivity contribution in [3.05, 3.63) is 59.7 Å². The molecular weight excluding hydrogens is 255 g/mol. The second-order valence-electron chi connectivity index (χ2n) is 4.46. The standard InChI is InChI=1S/C16H15FN2O/c1-20-16-5-4-14(17)10-15(16)13(11-18)3-2-12-6-8-19-9-7-12/h4-10,13H,2-3H2,1H3. The van der Waals surface area contributed by atoms with Crippen molar-refractivity contribution in [1.29, 1.82) is 5.26 Å². The van der Waals surface area contributed by atoms with Crippen LogP contribution in [0.4, 0.5) is 4.39 Å². The SMILES string of the molecule is COc1ccc(F)cc1C(C#N)CCc1ccncc1. The van der Waals surface area contributed by atoms with Crippen LogP contribution in [0.25, 0.3) is 0 Å². The van der Waals surface area contributed by atoms with E-state index in [4.69, 9.17) is 4.74 Å². The summed E-state index contributed by atoms with van der Waals surface area (Å²) in [6, 6.07) is 10.3. The van der Waals surface area contributed by atoms with Gasteiger partial charge in [-0.05, 0) is 48.7 Å². The van der Waals surface area contributed by atoms with Gasteiger partial charge in [-0.3, -0.25) is 4.98 Å². The van der Waals surface area contributed by atoms with E-state index in [2.05, 4.69) is 11.1 Å². The third-order valence-corrected chi connectivity index (χ3v) is 3.19. The van der Waals surface area contributed by atoms with Gasteiger partial charge in [0.15, 0.2) is 0 Å². The lowest BCUT2D eigenvalue weighted by Gasteiger charge is -2.13. The number of ether oxygens (including phenoxy) is 1. The van der Waals surface area contributed by atoms with Gasteiger partial charge < -0.3 is 4.74 Å². The third-order valence-electron chi connectivity index (χ3n) is 3.19. The number of aryl methyl sites for hydroxylation is 1. The molecule has 0 spiro atoms. The summed E-state index contributed by atoms with van der Waals surface area (Å²) in [5.74, 6) is -0.202. The van der Waals surface area contributed by atoms with Crippen LogP contribution >= 0.6 is 0 Å². The summed E-state index contributed by atoms with van der Waals surface area (Å²) in [7, 11) is 1.52. The highest BCUT2D eigenvalue weighted by molar-refractivity contribution is 5.39. The Bertz CT molecular complexity index is 608. The van der Waals surface area contributed by atoms with E-state index in [0.29, 0.717) is 17.7 Å². The van der Waals surface area contributed by atoms with Crippen molar-refractivity contribution >= 4 is 0 Å². The molecule has 4 heteroatoms. The molecule has 0 saturated heterocycles. The van der Waals surface area contributed by atoms with E-state index < -0.39 is 5.92 Å². The van der Waals surface area contributed by atoms with Crippen molar-refractivity contribution in [2.75, 3.05) is 7.11 Å². The zero-order valence-corrected chi connectivity index (χ0v) is 11.2. The van der Waals surface area contributed by atoms with Crippen molar-refractivity contribution < 1.29 is 9.13 Å². The Hall–Kier alpha value is -2.41. The number of benzene rings is 1. The van der Waals surface area contributed by atoms with Crippen LogP contribution in [0.15, 0.2) is 42.7 Å². The molecule has 102 valence electrons. The van der Waals surface area contributed by atoms with Crippen LogP contribution in [-0.4, -0.2) is 12.1 Å². The molecular formula is C16H15FN2O. The number of rotatable bonds is 5. The highest BCUT2D eigenvalue weighted by atomic mass is 19.1. The fraction of sp³-hybridized carbons (Fsp3) is 0.250. The maximum atomic E-state index is 13.4. The first-order valence-corrected chi connectivity index (χ1v) is 6.36. The molecule has 0 amide bonds. The average molecular weight is 270 g/mol. The topological polar surface area (TPSA) is 45.9 Å². The van der Waals surface area contributed by atoms with Gasteiger partial charge in [0, 0.05) is 18.0 Å². The summed E-state index contributed by atoms with van der Waals surface area (Å²) in [5.41, 5.74) is 1.71. The van der Waals surface area contributed by atoms with Gasteiger partial charge in [-0.1, -0.05) is 0 Å². The highest BCUT2D eigenvalue weighted by Crippen LogP contribution is 2.30. The van der Waals surface area contributed by atoms with Crippen LogP contribution in [0, 0.1) is 17.1 Å². The summed E-state index contributed by atoms with van der Waals surface area (Å²) in [6.07, 6.45) is 4.79. The molecule has 1 aromatic heterocycles. The largest absolute Gasteiger partial charge is 0.496 e. The number of pyridine rings is 1. The van der Waals surface area contributed by atoms with E-state index in [-0.39, 0.29) is 5.82 Å². The monoisotopic (exact) mass is 270 g/mol. The van der Waals surface area contributed by atoms with Crippen LogP contribution < -0.4 is 4.74 Å². The molecule has 2 aromatic rings. The fourth-order valence-electron chi connectivity index (χ4n) is 2.13. The number of methoxy groups -OCH3 is 1. The van der Waals surface area contributed by atoms with Crippen LogP contribution in [0.2, 0.25) is 0 Å². The van der Waals surface area contributed by atoms with Crippen molar-refractivity contribution in [2.24, 2.45) is 0 Å². The summed E-state index contributed by atoms with van der Waals surface area (Å²) in [6.45, 7) is 0. The highest BCUT2D eigenvalue weighted by Gasteiger charge is 2.16.